The van der Waals surface area contributed by atoms with Crippen LogP contribution in [0.25, 0.3) is 0 Å². The molecule has 2 atom stereocenters. The van der Waals surface area contributed by atoms with Crippen LogP contribution in [0.2, 0.25) is 0 Å². The Balaban J connectivity index is 1.27. The topological polar surface area (TPSA) is 121 Å². The van der Waals surface area contributed by atoms with E-state index in [1.54, 1.807) is 9.58 Å². The standard InChI is InChI=1S/C21H25N7O3/c1-27-21(25-18(26-27)15-3-2-8-22-15)23-10-12-4-5-13-11-28(20(31)14(13)9-12)16-6-7-17(29)24-19(16)30/h4-5,9,15-16,22H,2-3,6-8,10-11H2,1H3,(H,23,25,26)(H,24,29,30)/t15-,16?/m0/s1. The van der Waals surface area contributed by atoms with E-state index in [0.717, 1.165) is 36.3 Å². The van der Waals surface area contributed by atoms with Crippen LogP contribution < -0.4 is 16.0 Å². The maximum Gasteiger partial charge on any atom is 0.255 e. The minimum Gasteiger partial charge on any atom is -0.350 e. The number of carbonyl (C=O) groups is 3. The Morgan fingerprint density at radius 2 is 2.10 bits per heavy atom. The molecule has 2 fully saturated rings. The first-order valence-corrected chi connectivity index (χ1v) is 10.6. The quantitative estimate of drug-likeness (QED) is 0.603. The zero-order valence-corrected chi connectivity index (χ0v) is 17.4. The Morgan fingerprint density at radius 1 is 1.23 bits per heavy atom. The van der Waals surface area contributed by atoms with Crippen molar-refractivity contribution in [3.05, 3.63) is 40.7 Å². The summed E-state index contributed by atoms with van der Waals surface area (Å²) in [6.45, 7) is 1.88. The van der Waals surface area contributed by atoms with Gasteiger partial charge in [0.2, 0.25) is 17.8 Å². The number of aryl methyl sites for hydroxylation is 1. The molecule has 1 aromatic heterocycles. The molecule has 3 aliphatic heterocycles. The highest BCUT2D eigenvalue weighted by molar-refractivity contribution is 6.05. The molecule has 4 heterocycles. The second-order valence-electron chi connectivity index (χ2n) is 8.31. The minimum absolute atomic E-state index is 0.167. The van der Waals surface area contributed by atoms with Gasteiger partial charge in [0.25, 0.3) is 5.91 Å². The molecule has 10 heteroatoms. The van der Waals surface area contributed by atoms with Crippen molar-refractivity contribution < 1.29 is 14.4 Å². The number of carbonyl (C=O) groups excluding carboxylic acids is 3. The zero-order chi connectivity index (χ0) is 21.5. The lowest BCUT2D eigenvalue weighted by Crippen LogP contribution is -2.52. The second kappa shape index (κ2) is 7.77. The van der Waals surface area contributed by atoms with Crippen molar-refractivity contribution in [1.29, 1.82) is 0 Å². The van der Waals surface area contributed by atoms with Crippen LogP contribution in [0.4, 0.5) is 5.95 Å². The molecule has 0 bridgehead atoms. The number of rotatable bonds is 5. The number of aromatic nitrogens is 3. The fraction of sp³-hybridized carbons (Fsp3) is 0.476. The van der Waals surface area contributed by atoms with Crippen molar-refractivity contribution in [2.24, 2.45) is 7.05 Å². The van der Waals surface area contributed by atoms with Gasteiger partial charge >= 0.3 is 0 Å². The number of benzene rings is 1. The predicted octanol–water partition coefficient (Wildman–Crippen LogP) is 0.613. The summed E-state index contributed by atoms with van der Waals surface area (Å²) in [5.74, 6) is 0.635. The van der Waals surface area contributed by atoms with Crippen LogP contribution in [0.15, 0.2) is 18.2 Å². The van der Waals surface area contributed by atoms with E-state index in [4.69, 9.17) is 0 Å². The van der Waals surface area contributed by atoms with Crippen LogP contribution in [0.5, 0.6) is 0 Å². The van der Waals surface area contributed by atoms with Gasteiger partial charge in [0.1, 0.15) is 6.04 Å². The molecule has 162 valence electrons. The van der Waals surface area contributed by atoms with Gasteiger partial charge in [-0.3, -0.25) is 19.7 Å². The van der Waals surface area contributed by atoms with Crippen LogP contribution in [0, 0.1) is 0 Å². The maximum atomic E-state index is 13.0. The Kier molecular flexibility index (Phi) is 4.93. The fourth-order valence-electron chi connectivity index (χ4n) is 4.50. The smallest absolute Gasteiger partial charge is 0.255 e. The molecule has 0 spiro atoms. The normalized spacial score (nSPS) is 23.3. The largest absolute Gasteiger partial charge is 0.350 e. The maximum absolute atomic E-state index is 13.0. The van der Waals surface area contributed by atoms with Gasteiger partial charge < -0.3 is 15.5 Å². The molecule has 1 aromatic carbocycles. The third kappa shape index (κ3) is 3.67. The van der Waals surface area contributed by atoms with Gasteiger partial charge in [-0.2, -0.15) is 10.1 Å². The average molecular weight is 423 g/mol. The molecule has 1 unspecified atom stereocenters. The lowest BCUT2D eigenvalue weighted by Gasteiger charge is -2.29. The summed E-state index contributed by atoms with van der Waals surface area (Å²) >= 11 is 0. The molecule has 31 heavy (non-hydrogen) atoms. The van der Waals surface area contributed by atoms with E-state index in [1.807, 2.05) is 25.2 Å². The Bertz CT molecular complexity index is 1060. The summed E-state index contributed by atoms with van der Waals surface area (Å²) in [7, 11) is 1.86. The first-order chi connectivity index (χ1) is 15.0. The third-order valence-corrected chi connectivity index (χ3v) is 6.19. The van der Waals surface area contributed by atoms with E-state index in [0.29, 0.717) is 31.0 Å². The third-order valence-electron chi connectivity index (χ3n) is 6.19. The van der Waals surface area contributed by atoms with Crippen molar-refractivity contribution >= 4 is 23.7 Å². The zero-order valence-electron chi connectivity index (χ0n) is 17.4. The van der Waals surface area contributed by atoms with E-state index in [1.165, 1.54) is 0 Å². The van der Waals surface area contributed by atoms with Crippen molar-refractivity contribution in [3.63, 3.8) is 0 Å². The second-order valence-corrected chi connectivity index (χ2v) is 8.31. The number of hydrogen-bond donors (Lipinski definition) is 3. The van der Waals surface area contributed by atoms with E-state index in [9.17, 15) is 14.4 Å². The van der Waals surface area contributed by atoms with Crippen molar-refractivity contribution in [1.82, 2.24) is 30.3 Å². The lowest BCUT2D eigenvalue weighted by molar-refractivity contribution is -0.136. The first-order valence-electron chi connectivity index (χ1n) is 10.6. The van der Waals surface area contributed by atoms with Gasteiger partial charge in [0, 0.05) is 32.1 Å². The number of anilines is 1. The SMILES string of the molecule is Cn1nc([C@@H]2CCCN2)nc1NCc1ccc2c(c1)C(=O)N(C1CCC(=O)NC1=O)C2. The number of amides is 3. The summed E-state index contributed by atoms with van der Waals surface area (Å²) in [6, 6.07) is 5.38. The minimum atomic E-state index is -0.597. The Labute approximate surface area is 179 Å². The van der Waals surface area contributed by atoms with E-state index in [2.05, 4.69) is 26.0 Å². The molecule has 2 aromatic rings. The molecular formula is C21H25N7O3. The molecule has 3 N–H and O–H groups in total. The molecule has 3 aliphatic rings. The van der Waals surface area contributed by atoms with Gasteiger partial charge in [0.05, 0.1) is 6.04 Å². The molecular weight excluding hydrogens is 398 g/mol. The van der Waals surface area contributed by atoms with Crippen molar-refractivity contribution in [3.8, 4) is 0 Å². The van der Waals surface area contributed by atoms with E-state index in [-0.39, 0.29) is 24.3 Å². The van der Waals surface area contributed by atoms with Gasteiger partial charge in [-0.1, -0.05) is 12.1 Å². The van der Waals surface area contributed by atoms with Crippen LogP contribution >= 0.6 is 0 Å². The van der Waals surface area contributed by atoms with Gasteiger partial charge in [0.15, 0.2) is 5.82 Å². The lowest BCUT2D eigenvalue weighted by atomic mass is 10.0. The van der Waals surface area contributed by atoms with E-state index < -0.39 is 11.9 Å². The van der Waals surface area contributed by atoms with Gasteiger partial charge in [-0.15, -0.1) is 0 Å². The molecule has 0 aliphatic carbocycles. The van der Waals surface area contributed by atoms with Crippen molar-refractivity contribution in [2.45, 2.75) is 50.9 Å². The summed E-state index contributed by atoms with van der Waals surface area (Å²) < 4.78 is 1.73. The average Bonchev–Trinajstić information content (AvgIpc) is 3.47. The number of imide groups is 1. The summed E-state index contributed by atoms with van der Waals surface area (Å²) in [5, 5.41) is 13.5. The Morgan fingerprint density at radius 3 is 2.87 bits per heavy atom. The number of nitrogens with one attached hydrogen (secondary N) is 3. The molecule has 3 amide bonds. The molecule has 2 saturated heterocycles. The van der Waals surface area contributed by atoms with Gasteiger partial charge in [-0.05, 0) is 43.0 Å². The summed E-state index contributed by atoms with van der Waals surface area (Å²) in [6.07, 6.45) is 2.79. The molecule has 10 nitrogen and oxygen atoms in total. The fourth-order valence-corrected chi connectivity index (χ4v) is 4.50. The summed E-state index contributed by atoms with van der Waals surface area (Å²) in [4.78, 5) is 42.7. The number of nitrogens with zero attached hydrogens (tertiary/aromatic N) is 4. The number of fused-ring (bicyclic) bond motifs is 1. The Hall–Kier alpha value is -3.27. The van der Waals surface area contributed by atoms with Crippen LogP contribution in [0.1, 0.15) is 59.0 Å². The van der Waals surface area contributed by atoms with Crippen molar-refractivity contribution in [2.75, 3.05) is 11.9 Å². The summed E-state index contributed by atoms with van der Waals surface area (Å²) in [5.41, 5.74) is 2.45. The van der Waals surface area contributed by atoms with Crippen LogP contribution in [-0.4, -0.2) is 50.0 Å². The van der Waals surface area contributed by atoms with Crippen LogP contribution in [-0.2, 0) is 29.7 Å². The molecule has 0 saturated carbocycles. The first kappa shape index (κ1) is 19.7. The number of piperidine rings is 1. The highest BCUT2D eigenvalue weighted by Crippen LogP contribution is 2.28. The number of hydrogen-bond acceptors (Lipinski definition) is 7. The van der Waals surface area contributed by atoms with Gasteiger partial charge in [-0.25, -0.2) is 4.68 Å². The predicted molar refractivity (Wildman–Crippen MR) is 111 cm³/mol. The molecule has 0 radical (unpaired) electrons. The van der Waals surface area contributed by atoms with Crippen LogP contribution in [0.3, 0.4) is 0 Å². The molecule has 5 rings (SSSR count). The highest BCUT2D eigenvalue weighted by atomic mass is 16.2. The van der Waals surface area contributed by atoms with E-state index >= 15 is 0 Å². The monoisotopic (exact) mass is 423 g/mol. The highest BCUT2D eigenvalue weighted by Gasteiger charge is 2.39.